The molecule has 1 aromatic rings. The Kier molecular flexibility index (Phi) is 7.31. The topological polar surface area (TPSA) is 149 Å². The number of hydrogen-bond donors (Lipinski definition) is 5. The first-order valence-electron chi connectivity index (χ1n) is 7.39. The molecule has 0 spiro atoms. The summed E-state index contributed by atoms with van der Waals surface area (Å²) >= 11 is 0. The number of aryl methyl sites for hydroxylation is 1. The van der Waals surface area contributed by atoms with E-state index in [1.807, 2.05) is 6.92 Å². The number of phosphoric acid groups is 1. The molecule has 0 aliphatic rings. The summed E-state index contributed by atoms with van der Waals surface area (Å²) in [7, 11) is -4.68. The predicted octanol–water partition coefficient (Wildman–Crippen LogP) is 1.29. The van der Waals surface area contributed by atoms with Crippen LogP contribution in [0.5, 0.6) is 5.75 Å². The van der Waals surface area contributed by atoms with Gasteiger partial charge in [0.1, 0.15) is 11.8 Å². The zero-order valence-corrected chi connectivity index (χ0v) is 14.7. The third-order valence-electron chi connectivity index (χ3n) is 3.80. The number of nitrogens with zero attached hydrogens (tertiary/aromatic N) is 1. The fourth-order valence-electron chi connectivity index (χ4n) is 2.14. The summed E-state index contributed by atoms with van der Waals surface area (Å²) in [6.45, 7) is 4.77. The molecule has 0 unspecified atom stereocenters. The van der Waals surface area contributed by atoms with Crippen LogP contribution in [0, 0.1) is 12.8 Å². The molecule has 24 heavy (non-hydrogen) atoms. The van der Waals surface area contributed by atoms with Gasteiger partial charge in [0, 0.05) is 23.9 Å². The molecule has 0 aliphatic heterocycles. The van der Waals surface area contributed by atoms with Gasteiger partial charge in [-0.15, -0.1) is 0 Å². The van der Waals surface area contributed by atoms with Gasteiger partial charge in [-0.3, -0.25) is 19.6 Å². The van der Waals surface area contributed by atoms with Crippen molar-refractivity contribution in [3.8, 4) is 5.75 Å². The highest BCUT2D eigenvalue weighted by molar-refractivity contribution is 7.46. The number of carboxylic acids is 1. The van der Waals surface area contributed by atoms with Crippen LogP contribution in [-0.4, -0.2) is 37.0 Å². The van der Waals surface area contributed by atoms with Gasteiger partial charge in [-0.1, -0.05) is 20.3 Å². The molecule has 0 bridgehead atoms. The summed E-state index contributed by atoms with van der Waals surface area (Å²) in [5, 5.41) is 22.3. The van der Waals surface area contributed by atoms with E-state index in [1.54, 1.807) is 13.8 Å². The van der Waals surface area contributed by atoms with E-state index in [-0.39, 0.29) is 23.8 Å². The molecule has 136 valence electrons. The lowest BCUT2D eigenvalue weighted by Gasteiger charge is -2.21. The number of aromatic hydroxyl groups is 1. The van der Waals surface area contributed by atoms with Gasteiger partial charge in [-0.25, -0.2) is 4.57 Å². The summed E-state index contributed by atoms with van der Waals surface area (Å²) in [5.41, 5.74) is 0.884. The van der Waals surface area contributed by atoms with Crippen molar-refractivity contribution in [3.63, 3.8) is 0 Å². The smallest absolute Gasteiger partial charge is 0.469 e. The fourth-order valence-corrected chi connectivity index (χ4v) is 2.45. The number of rotatable bonds is 9. The Labute approximate surface area is 139 Å². The minimum atomic E-state index is -4.68. The fraction of sp³-hybridized carbons (Fsp3) is 0.571. The number of aromatic nitrogens is 1. The molecule has 0 radical (unpaired) electrons. The van der Waals surface area contributed by atoms with E-state index in [9.17, 15) is 19.6 Å². The molecule has 0 amide bonds. The van der Waals surface area contributed by atoms with Crippen molar-refractivity contribution in [2.75, 3.05) is 0 Å². The summed E-state index contributed by atoms with van der Waals surface area (Å²) in [5.74, 6) is -1.31. The van der Waals surface area contributed by atoms with Crippen LogP contribution in [-0.2, 0) is 27.0 Å². The molecule has 9 nitrogen and oxygen atoms in total. The summed E-state index contributed by atoms with van der Waals surface area (Å²) in [4.78, 5) is 32.9. The zero-order valence-electron chi connectivity index (χ0n) is 13.8. The maximum atomic E-state index is 11.4. The minimum absolute atomic E-state index is 0.00362. The Balaban J connectivity index is 3.01. The van der Waals surface area contributed by atoms with Crippen molar-refractivity contribution in [2.45, 2.75) is 46.4 Å². The van der Waals surface area contributed by atoms with Crippen molar-refractivity contribution < 1.29 is 33.9 Å². The molecule has 1 heterocycles. The maximum absolute atomic E-state index is 11.4. The first kappa shape index (κ1) is 20.5. The van der Waals surface area contributed by atoms with Crippen LogP contribution in [0.15, 0.2) is 6.20 Å². The Morgan fingerprint density at radius 2 is 2.08 bits per heavy atom. The molecular weight excluding hydrogens is 339 g/mol. The van der Waals surface area contributed by atoms with E-state index >= 15 is 0 Å². The van der Waals surface area contributed by atoms with Crippen molar-refractivity contribution in [3.05, 3.63) is 23.0 Å². The maximum Gasteiger partial charge on any atom is 0.469 e. The molecule has 2 atom stereocenters. The quantitative estimate of drug-likeness (QED) is 0.410. The van der Waals surface area contributed by atoms with Crippen LogP contribution >= 0.6 is 7.82 Å². The molecule has 1 rings (SSSR count). The van der Waals surface area contributed by atoms with E-state index in [1.165, 1.54) is 6.20 Å². The van der Waals surface area contributed by atoms with Gasteiger partial charge in [0.15, 0.2) is 0 Å². The van der Waals surface area contributed by atoms with E-state index < -0.39 is 26.4 Å². The summed E-state index contributed by atoms with van der Waals surface area (Å²) in [6, 6.07) is -0.821. The zero-order chi connectivity index (χ0) is 18.5. The van der Waals surface area contributed by atoms with Crippen molar-refractivity contribution in [1.82, 2.24) is 10.3 Å². The second kappa shape index (κ2) is 8.55. The summed E-state index contributed by atoms with van der Waals surface area (Å²) in [6.07, 6.45) is 1.99. The average molecular weight is 362 g/mol. The lowest BCUT2D eigenvalue weighted by atomic mass is 9.98. The minimum Gasteiger partial charge on any atom is -0.506 e. The van der Waals surface area contributed by atoms with Gasteiger partial charge >= 0.3 is 13.8 Å². The van der Waals surface area contributed by atoms with Crippen LogP contribution in [0.4, 0.5) is 0 Å². The van der Waals surface area contributed by atoms with E-state index in [2.05, 4.69) is 14.8 Å². The van der Waals surface area contributed by atoms with E-state index in [0.717, 1.165) is 0 Å². The molecule has 5 N–H and O–H groups in total. The Bertz CT molecular complexity index is 632. The number of aliphatic carboxylic acids is 1. The number of phosphoric ester groups is 1. The largest absolute Gasteiger partial charge is 0.506 e. The number of carbonyl (C=O) groups is 1. The molecular formula is C14H23N2O7P. The molecule has 0 aromatic carbocycles. The number of pyridine rings is 1. The van der Waals surface area contributed by atoms with E-state index in [0.29, 0.717) is 17.7 Å². The van der Waals surface area contributed by atoms with Crippen molar-refractivity contribution >= 4 is 13.8 Å². The predicted molar refractivity (Wildman–Crippen MR) is 85.2 cm³/mol. The molecule has 0 saturated heterocycles. The molecule has 0 saturated carbocycles. The standard InChI is InChI=1S/C14H23N2O7P/c1-4-8(2)12(14(18)19)16-6-11-10(7-23-24(20,21)22)5-15-9(3)13(11)17/h5,8,12,16-17H,4,6-7H2,1-3H3,(H,18,19)(H2,20,21,22)/t8-,12-/m0/s1. The van der Waals surface area contributed by atoms with Gasteiger partial charge in [0.05, 0.1) is 12.3 Å². The number of nitrogens with one attached hydrogen (secondary N) is 1. The first-order chi connectivity index (χ1) is 11.1. The van der Waals surface area contributed by atoms with Crippen molar-refractivity contribution in [1.29, 1.82) is 0 Å². The lowest BCUT2D eigenvalue weighted by molar-refractivity contribution is -0.140. The highest BCUT2D eigenvalue weighted by Gasteiger charge is 2.24. The van der Waals surface area contributed by atoms with Gasteiger partial charge in [0.25, 0.3) is 0 Å². The SMILES string of the molecule is CC[C@H](C)[C@H](NCc1c(COP(=O)(O)O)cnc(C)c1O)C(=O)O. The first-order valence-corrected chi connectivity index (χ1v) is 8.92. The van der Waals surface area contributed by atoms with E-state index in [4.69, 9.17) is 9.79 Å². The van der Waals surface area contributed by atoms with Crippen LogP contribution in [0.2, 0.25) is 0 Å². The third-order valence-corrected chi connectivity index (χ3v) is 4.26. The number of carboxylic acid groups (broad SMARTS) is 1. The second-order valence-corrected chi connectivity index (χ2v) is 6.78. The normalized spacial score (nSPS) is 14.4. The van der Waals surface area contributed by atoms with Gasteiger partial charge in [-0.05, 0) is 12.8 Å². The molecule has 0 aliphatic carbocycles. The van der Waals surface area contributed by atoms with Crippen LogP contribution in [0.25, 0.3) is 0 Å². The summed E-state index contributed by atoms with van der Waals surface area (Å²) < 4.78 is 15.3. The van der Waals surface area contributed by atoms with Crippen molar-refractivity contribution in [2.24, 2.45) is 5.92 Å². The highest BCUT2D eigenvalue weighted by Crippen LogP contribution is 2.38. The molecule has 0 fully saturated rings. The molecule has 1 aromatic heterocycles. The Morgan fingerprint density at radius 1 is 1.46 bits per heavy atom. The highest BCUT2D eigenvalue weighted by atomic mass is 31.2. The molecule has 10 heteroatoms. The monoisotopic (exact) mass is 362 g/mol. The van der Waals surface area contributed by atoms with Gasteiger partial charge in [0.2, 0.25) is 0 Å². The van der Waals surface area contributed by atoms with Crippen LogP contribution in [0.3, 0.4) is 0 Å². The third kappa shape index (κ3) is 5.85. The average Bonchev–Trinajstić information content (AvgIpc) is 2.48. The Morgan fingerprint density at radius 3 is 2.58 bits per heavy atom. The second-order valence-electron chi connectivity index (χ2n) is 5.54. The lowest BCUT2D eigenvalue weighted by Crippen LogP contribution is -2.41. The van der Waals surface area contributed by atoms with Crippen LogP contribution < -0.4 is 5.32 Å². The number of hydrogen-bond acceptors (Lipinski definition) is 6. The van der Waals surface area contributed by atoms with Gasteiger partial charge < -0.3 is 20.0 Å². The van der Waals surface area contributed by atoms with Gasteiger partial charge in [-0.2, -0.15) is 0 Å². The van der Waals surface area contributed by atoms with Crippen LogP contribution in [0.1, 0.15) is 37.1 Å². The Hall–Kier alpha value is -1.51.